The van der Waals surface area contributed by atoms with E-state index in [-0.39, 0.29) is 0 Å². The molecule has 0 aliphatic carbocycles. The first-order valence-electron chi connectivity index (χ1n) is 4.49. The molecule has 5 heteroatoms. The lowest BCUT2D eigenvalue weighted by Crippen LogP contribution is -1.92. The topological polar surface area (TPSA) is 24.9 Å². The summed E-state index contributed by atoms with van der Waals surface area (Å²) in [6.45, 7) is 0. The Morgan fingerprint density at radius 3 is 2.38 bits per heavy atom. The monoisotopic (exact) mass is 272 g/mol. The molecule has 0 aliphatic heterocycles. The molecule has 0 saturated carbocycles. The third kappa shape index (κ3) is 2.79. The number of benzene rings is 1. The highest BCUT2D eigenvalue weighted by Gasteiger charge is 2.00. The minimum atomic E-state index is 0.501. The van der Waals surface area contributed by atoms with Crippen molar-refractivity contribution < 1.29 is 0 Å². The lowest BCUT2D eigenvalue weighted by molar-refractivity contribution is 1.31. The zero-order valence-electron chi connectivity index (χ0n) is 8.05. The second-order valence-corrected chi connectivity index (χ2v) is 4.37. The van der Waals surface area contributed by atoms with Crippen molar-refractivity contribution in [3.05, 3.63) is 51.6 Å². The number of halogens is 3. The average Bonchev–Trinajstić information content (AvgIpc) is 2.27. The Kier molecular flexibility index (Phi) is 3.54. The fourth-order valence-corrected chi connectivity index (χ4v) is 1.58. The third-order valence-electron chi connectivity index (χ3n) is 1.92. The Morgan fingerprint density at radius 1 is 0.938 bits per heavy atom. The molecule has 0 atom stereocenters. The highest BCUT2D eigenvalue weighted by Crippen LogP contribution is 2.26. The number of hydrogen-bond donors (Lipinski definition) is 1. The molecule has 1 aromatic heterocycles. The van der Waals surface area contributed by atoms with E-state index in [1.807, 2.05) is 6.07 Å². The van der Waals surface area contributed by atoms with E-state index < -0.39 is 0 Å². The quantitative estimate of drug-likeness (QED) is 0.851. The van der Waals surface area contributed by atoms with Crippen LogP contribution in [0.4, 0.5) is 11.5 Å². The van der Waals surface area contributed by atoms with Crippen molar-refractivity contribution in [1.29, 1.82) is 0 Å². The van der Waals surface area contributed by atoms with Gasteiger partial charge in [-0.3, -0.25) is 0 Å². The summed E-state index contributed by atoms with van der Waals surface area (Å²) in [5.41, 5.74) is 0.823. The van der Waals surface area contributed by atoms with Gasteiger partial charge >= 0.3 is 0 Å². The number of aromatic nitrogens is 1. The van der Waals surface area contributed by atoms with Gasteiger partial charge in [-0.05, 0) is 30.3 Å². The van der Waals surface area contributed by atoms with Crippen LogP contribution in [0.15, 0.2) is 36.5 Å². The number of nitrogens with zero attached hydrogens (tertiary/aromatic N) is 1. The number of hydrogen-bond acceptors (Lipinski definition) is 2. The Morgan fingerprint density at radius 2 is 1.75 bits per heavy atom. The SMILES string of the molecule is Clc1ccc(Nc2ccc(Cl)c(Cl)c2)nc1. The molecule has 1 heterocycles. The minimum absolute atomic E-state index is 0.501. The van der Waals surface area contributed by atoms with Gasteiger partial charge in [0, 0.05) is 11.9 Å². The molecule has 0 radical (unpaired) electrons. The molecule has 1 N–H and O–H groups in total. The Hall–Kier alpha value is -0.960. The van der Waals surface area contributed by atoms with Gasteiger partial charge in [0.15, 0.2) is 0 Å². The largest absolute Gasteiger partial charge is 0.340 e. The van der Waals surface area contributed by atoms with Crippen LogP contribution in [0.3, 0.4) is 0 Å². The summed E-state index contributed by atoms with van der Waals surface area (Å²) in [5, 5.41) is 4.71. The molecule has 16 heavy (non-hydrogen) atoms. The summed E-state index contributed by atoms with van der Waals surface area (Å²) < 4.78 is 0. The van der Waals surface area contributed by atoms with E-state index in [1.165, 1.54) is 0 Å². The molecule has 0 bridgehead atoms. The van der Waals surface area contributed by atoms with Crippen LogP contribution in [-0.4, -0.2) is 4.98 Å². The molecule has 0 unspecified atom stereocenters. The smallest absolute Gasteiger partial charge is 0.130 e. The molecule has 0 amide bonds. The maximum Gasteiger partial charge on any atom is 0.130 e. The van der Waals surface area contributed by atoms with Gasteiger partial charge < -0.3 is 5.32 Å². The van der Waals surface area contributed by atoms with Crippen LogP contribution in [0.5, 0.6) is 0 Å². The lowest BCUT2D eigenvalue weighted by atomic mass is 10.3. The summed E-state index contributed by atoms with van der Waals surface area (Å²) in [6.07, 6.45) is 1.57. The predicted octanol–water partition coefficient (Wildman–Crippen LogP) is 4.79. The van der Waals surface area contributed by atoms with Gasteiger partial charge in [0.25, 0.3) is 0 Å². The Bertz CT molecular complexity index is 497. The maximum atomic E-state index is 5.89. The molecule has 2 nitrogen and oxygen atoms in total. The van der Waals surface area contributed by atoms with E-state index >= 15 is 0 Å². The van der Waals surface area contributed by atoms with Crippen LogP contribution in [0.1, 0.15) is 0 Å². The molecule has 2 rings (SSSR count). The van der Waals surface area contributed by atoms with Crippen LogP contribution in [-0.2, 0) is 0 Å². The fraction of sp³-hybridized carbons (Fsp3) is 0. The number of pyridine rings is 1. The van der Waals surface area contributed by atoms with E-state index in [9.17, 15) is 0 Å². The standard InChI is InChI=1S/C11H7Cl3N2/c12-7-1-4-11(15-6-7)16-8-2-3-9(13)10(14)5-8/h1-6H,(H,15,16). The first-order valence-corrected chi connectivity index (χ1v) is 5.62. The van der Waals surface area contributed by atoms with Gasteiger partial charge in [0.05, 0.1) is 15.1 Å². The summed E-state index contributed by atoms with van der Waals surface area (Å²) >= 11 is 17.4. The summed E-state index contributed by atoms with van der Waals surface area (Å²) in [4.78, 5) is 4.11. The summed E-state index contributed by atoms with van der Waals surface area (Å²) in [7, 11) is 0. The second-order valence-electron chi connectivity index (χ2n) is 3.12. The van der Waals surface area contributed by atoms with Crippen molar-refractivity contribution in [2.24, 2.45) is 0 Å². The zero-order chi connectivity index (χ0) is 11.5. The lowest BCUT2D eigenvalue weighted by Gasteiger charge is -2.06. The molecule has 0 spiro atoms. The van der Waals surface area contributed by atoms with Gasteiger partial charge in [0.1, 0.15) is 5.82 Å². The summed E-state index contributed by atoms with van der Waals surface area (Å²) in [6, 6.07) is 8.83. The molecule has 82 valence electrons. The minimum Gasteiger partial charge on any atom is -0.340 e. The molecular weight excluding hydrogens is 266 g/mol. The van der Waals surface area contributed by atoms with Crippen LogP contribution in [0.2, 0.25) is 15.1 Å². The maximum absolute atomic E-state index is 5.89. The fourth-order valence-electron chi connectivity index (χ4n) is 1.17. The molecule has 0 aliphatic rings. The van der Waals surface area contributed by atoms with Gasteiger partial charge in [0.2, 0.25) is 0 Å². The van der Waals surface area contributed by atoms with Crippen LogP contribution in [0, 0.1) is 0 Å². The third-order valence-corrected chi connectivity index (χ3v) is 2.88. The van der Waals surface area contributed by atoms with Crippen molar-refractivity contribution in [1.82, 2.24) is 4.98 Å². The van der Waals surface area contributed by atoms with Crippen LogP contribution >= 0.6 is 34.8 Å². The van der Waals surface area contributed by atoms with E-state index in [2.05, 4.69) is 10.3 Å². The van der Waals surface area contributed by atoms with Gasteiger partial charge in [-0.1, -0.05) is 34.8 Å². The predicted molar refractivity (Wildman–Crippen MR) is 69.0 cm³/mol. The van der Waals surface area contributed by atoms with Crippen molar-refractivity contribution in [2.45, 2.75) is 0 Å². The van der Waals surface area contributed by atoms with Gasteiger partial charge in [-0.25, -0.2) is 4.98 Å². The molecule has 0 fully saturated rings. The van der Waals surface area contributed by atoms with Gasteiger partial charge in [-0.15, -0.1) is 0 Å². The van der Waals surface area contributed by atoms with Crippen molar-refractivity contribution in [3.8, 4) is 0 Å². The first-order chi connectivity index (χ1) is 7.65. The van der Waals surface area contributed by atoms with Crippen LogP contribution < -0.4 is 5.32 Å². The molecule has 1 aromatic carbocycles. The van der Waals surface area contributed by atoms with Crippen molar-refractivity contribution >= 4 is 46.3 Å². The Balaban J connectivity index is 2.20. The first kappa shape index (κ1) is 11.5. The summed E-state index contributed by atoms with van der Waals surface area (Å²) in [5.74, 6) is 0.697. The zero-order valence-corrected chi connectivity index (χ0v) is 10.3. The van der Waals surface area contributed by atoms with Crippen molar-refractivity contribution in [3.63, 3.8) is 0 Å². The normalized spacial score (nSPS) is 10.2. The van der Waals surface area contributed by atoms with E-state index in [1.54, 1.807) is 30.5 Å². The number of rotatable bonds is 2. The molecule has 0 saturated heterocycles. The molecule has 2 aromatic rings. The Labute approximate surface area is 108 Å². The van der Waals surface area contributed by atoms with E-state index in [4.69, 9.17) is 34.8 Å². The van der Waals surface area contributed by atoms with Crippen LogP contribution in [0.25, 0.3) is 0 Å². The highest BCUT2D eigenvalue weighted by atomic mass is 35.5. The molecular formula is C11H7Cl3N2. The van der Waals surface area contributed by atoms with E-state index in [0.717, 1.165) is 5.69 Å². The van der Waals surface area contributed by atoms with Crippen molar-refractivity contribution in [2.75, 3.05) is 5.32 Å². The number of nitrogens with one attached hydrogen (secondary N) is 1. The van der Waals surface area contributed by atoms with E-state index in [0.29, 0.717) is 20.9 Å². The average molecular weight is 274 g/mol. The second kappa shape index (κ2) is 4.91. The number of anilines is 2. The van der Waals surface area contributed by atoms with Gasteiger partial charge in [-0.2, -0.15) is 0 Å². The highest BCUT2D eigenvalue weighted by molar-refractivity contribution is 6.42.